The maximum Gasteiger partial charge on any atom is 0.252 e. The molecule has 0 spiro atoms. The number of hydrogen-bond donors (Lipinski definition) is 3. The molecular weight excluding hydrogens is 446 g/mol. The Balaban J connectivity index is 1.65. The van der Waals surface area contributed by atoms with E-state index in [1.807, 2.05) is 60.8 Å². The zero-order valence-corrected chi connectivity index (χ0v) is 18.9. The number of amides is 1. The van der Waals surface area contributed by atoms with Crippen LogP contribution in [0.1, 0.15) is 27.4 Å². The molecule has 0 aliphatic rings. The summed E-state index contributed by atoms with van der Waals surface area (Å²) >= 11 is 6.21. The molecule has 164 valence electrons. The van der Waals surface area contributed by atoms with Crippen LogP contribution in [0.5, 0.6) is 0 Å². The van der Waals surface area contributed by atoms with Crippen molar-refractivity contribution < 1.29 is 13.2 Å². The van der Waals surface area contributed by atoms with Gasteiger partial charge in [0.05, 0.1) is 15.5 Å². The first-order valence-electron chi connectivity index (χ1n) is 10.0. The van der Waals surface area contributed by atoms with Crippen molar-refractivity contribution in [3.8, 4) is 0 Å². The van der Waals surface area contributed by atoms with Gasteiger partial charge in [-0.3, -0.25) is 4.79 Å². The summed E-state index contributed by atoms with van der Waals surface area (Å²) in [6.45, 7) is 0.310. The Morgan fingerprint density at radius 2 is 1.75 bits per heavy atom. The number of sulfonamides is 1. The molecule has 1 heterocycles. The molecule has 1 atom stereocenters. The molecule has 6 nitrogen and oxygen atoms in total. The maximum atomic E-state index is 13.0. The second-order valence-electron chi connectivity index (χ2n) is 7.31. The Kier molecular flexibility index (Phi) is 6.32. The lowest BCUT2D eigenvalue weighted by molar-refractivity contribution is 0.0952. The van der Waals surface area contributed by atoms with E-state index in [1.54, 1.807) is 0 Å². The first-order valence-corrected chi connectivity index (χ1v) is 11.9. The minimum atomic E-state index is -3.70. The number of carbonyl (C=O) groups is 1. The topological polar surface area (TPSA) is 91.1 Å². The van der Waals surface area contributed by atoms with Gasteiger partial charge < -0.3 is 10.3 Å². The number of hydrogen-bond acceptors (Lipinski definition) is 3. The number of aromatic amines is 1. The van der Waals surface area contributed by atoms with E-state index in [-0.39, 0.29) is 21.4 Å². The minimum absolute atomic E-state index is 0.0224. The molecule has 0 aliphatic carbocycles. The van der Waals surface area contributed by atoms with Crippen molar-refractivity contribution in [3.63, 3.8) is 0 Å². The van der Waals surface area contributed by atoms with Gasteiger partial charge in [0.15, 0.2) is 0 Å². The fraction of sp³-hybridized carbons (Fsp3) is 0.125. The van der Waals surface area contributed by atoms with E-state index in [2.05, 4.69) is 15.0 Å². The zero-order chi connectivity index (χ0) is 22.7. The quantitative estimate of drug-likeness (QED) is 0.378. The molecule has 3 N–H and O–H groups in total. The Morgan fingerprint density at radius 1 is 1.03 bits per heavy atom. The van der Waals surface area contributed by atoms with Crippen LogP contribution >= 0.6 is 11.6 Å². The van der Waals surface area contributed by atoms with Gasteiger partial charge >= 0.3 is 0 Å². The molecule has 3 aromatic carbocycles. The molecule has 0 saturated heterocycles. The number of halogens is 1. The smallest absolute Gasteiger partial charge is 0.252 e. The third kappa shape index (κ3) is 4.41. The molecule has 0 saturated carbocycles. The van der Waals surface area contributed by atoms with Gasteiger partial charge in [0.25, 0.3) is 5.91 Å². The normalized spacial score (nSPS) is 12.6. The second-order valence-corrected chi connectivity index (χ2v) is 9.61. The number of benzene rings is 3. The Hall–Kier alpha value is -3.13. The van der Waals surface area contributed by atoms with E-state index in [9.17, 15) is 13.2 Å². The van der Waals surface area contributed by atoms with Gasteiger partial charge in [-0.2, -0.15) is 0 Å². The highest BCUT2D eigenvalue weighted by molar-refractivity contribution is 7.89. The van der Waals surface area contributed by atoms with Crippen LogP contribution in [0.15, 0.2) is 83.9 Å². The predicted molar refractivity (Wildman–Crippen MR) is 127 cm³/mol. The molecular formula is C24H22ClN3O3S. The van der Waals surface area contributed by atoms with E-state index in [1.165, 1.54) is 25.2 Å². The van der Waals surface area contributed by atoms with Crippen LogP contribution in [0.3, 0.4) is 0 Å². The molecule has 0 fully saturated rings. The summed E-state index contributed by atoms with van der Waals surface area (Å²) < 4.78 is 26.5. The number of carbonyl (C=O) groups excluding carboxylic acids is 1. The van der Waals surface area contributed by atoms with Crippen molar-refractivity contribution in [2.75, 3.05) is 13.6 Å². The van der Waals surface area contributed by atoms with Crippen LogP contribution in [0.4, 0.5) is 0 Å². The molecule has 8 heteroatoms. The monoisotopic (exact) mass is 467 g/mol. The van der Waals surface area contributed by atoms with Crippen LogP contribution in [0.25, 0.3) is 10.9 Å². The van der Waals surface area contributed by atoms with Crippen LogP contribution in [0, 0.1) is 0 Å². The molecule has 1 aromatic heterocycles. The van der Waals surface area contributed by atoms with Gasteiger partial charge in [-0.25, -0.2) is 13.1 Å². The van der Waals surface area contributed by atoms with Crippen LogP contribution in [-0.2, 0) is 10.0 Å². The van der Waals surface area contributed by atoms with Gasteiger partial charge in [-0.1, -0.05) is 60.1 Å². The maximum absolute atomic E-state index is 13.0. The van der Waals surface area contributed by atoms with Gasteiger partial charge in [0.2, 0.25) is 10.0 Å². The summed E-state index contributed by atoms with van der Waals surface area (Å²) in [7, 11) is -2.38. The van der Waals surface area contributed by atoms with Crippen LogP contribution in [0.2, 0.25) is 5.02 Å². The summed E-state index contributed by atoms with van der Waals surface area (Å²) in [4.78, 5) is 16.3. The van der Waals surface area contributed by atoms with Gasteiger partial charge in [-0.05, 0) is 42.4 Å². The standard InChI is InChI=1S/C24H22ClN3O3S/c1-26-32(30,31)17-11-12-22(25)19(13-17)24(29)28-14-20(16-7-3-2-4-8-16)21-15-27-23-10-6-5-9-18(21)23/h2-13,15,20,26-27H,14H2,1H3,(H,28,29). The number of H-pyrrole nitrogens is 1. The third-order valence-electron chi connectivity index (χ3n) is 5.43. The Bertz CT molecular complexity index is 1370. The fourth-order valence-electron chi connectivity index (χ4n) is 3.73. The highest BCUT2D eigenvalue weighted by Gasteiger charge is 2.21. The molecule has 1 unspecified atom stereocenters. The zero-order valence-electron chi connectivity index (χ0n) is 17.3. The van der Waals surface area contributed by atoms with Crippen molar-refractivity contribution in [2.45, 2.75) is 10.8 Å². The van der Waals surface area contributed by atoms with E-state index < -0.39 is 15.9 Å². The molecule has 1 amide bonds. The Morgan fingerprint density at radius 3 is 2.50 bits per heavy atom. The van der Waals surface area contributed by atoms with E-state index in [0.717, 1.165) is 22.0 Å². The van der Waals surface area contributed by atoms with Crippen molar-refractivity contribution in [1.82, 2.24) is 15.0 Å². The first kappa shape index (κ1) is 22.1. The van der Waals surface area contributed by atoms with E-state index in [4.69, 9.17) is 11.6 Å². The lowest BCUT2D eigenvalue weighted by Gasteiger charge is -2.18. The SMILES string of the molecule is CNS(=O)(=O)c1ccc(Cl)c(C(=O)NCC(c2ccccc2)c2c[nH]c3ccccc23)c1. The third-order valence-corrected chi connectivity index (χ3v) is 7.17. The van der Waals surface area contributed by atoms with E-state index >= 15 is 0 Å². The van der Waals surface area contributed by atoms with Gasteiger partial charge in [0.1, 0.15) is 0 Å². The van der Waals surface area contributed by atoms with Crippen molar-refractivity contribution in [1.29, 1.82) is 0 Å². The number of fused-ring (bicyclic) bond motifs is 1. The lowest BCUT2D eigenvalue weighted by Crippen LogP contribution is -2.29. The van der Waals surface area contributed by atoms with Crippen LogP contribution in [-0.4, -0.2) is 32.9 Å². The summed E-state index contributed by atoms with van der Waals surface area (Å²) in [5.74, 6) is -0.553. The molecule has 4 rings (SSSR count). The number of para-hydroxylation sites is 1. The average Bonchev–Trinajstić information content (AvgIpc) is 3.24. The van der Waals surface area contributed by atoms with Crippen molar-refractivity contribution in [3.05, 3.63) is 101 Å². The summed E-state index contributed by atoms with van der Waals surface area (Å²) in [5, 5.41) is 4.20. The average molecular weight is 468 g/mol. The molecule has 0 aliphatic heterocycles. The van der Waals surface area contributed by atoms with Crippen molar-refractivity contribution in [2.24, 2.45) is 0 Å². The van der Waals surface area contributed by atoms with Gasteiger partial charge in [-0.15, -0.1) is 0 Å². The minimum Gasteiger partial charge on any atom is -0.361 e. The summed E-state index contributed by atoms with van der Waals surface area (Å²) in [6.07, 6.45) is 1.96. The molecule has 32 heavy (non-hydrogen) atoms. The number of rotatable bonds is 7. The summed E-state index contributed by atoms with van der Waals surface area (Å²) in [5.41, 5.74) is 3.23. The van der Waals surface area contributed by atoms with Gasteiger partial charge in [0, 0.05) is 29.6 Å². The highest BCUT2D eigenvalue weighted by atomic mass is 35.5. The first-order chi connectivity index (χ1) is 15.4. The largest absolute Gasteiger partial charge is 0.361 e. The number of nitrogens with one attached hydrogen (secondary N) is 3. The number of aromatic nitrogens is 1. The molecule has 0 radical (unpaired) electrons. The molecule has 0 bridgehead atoms. The lowest BCUT2D eigenvalue weighted by atomic mass is 9.91. The van der Waals surface area contributed by atoms with E-state index in [0.29, 0.717) is 6.54 Å². The second kappa shape index (κ2) is 9.16. The fourth-order valence-corrected chi connectivity index (χ4v) is 4.69. The predicted octanol–water partition coefficient (Wildman–Crippen LogP) is 4.29. The van der Waals surface area contributed by atoms with Crippen LogP contribution < -0.4 is 10.0 Å². The summed E-state index contributed by atoms with van der Waals surface area (Å²) in [6, 6.07) is 22.0. The van der Waals surface area contributed by atoms with Crippen molar-refractivity contribution >= 4 is 38.4 Å². The highest BCUT2D eigenvalue weighted by Crippen LogP contribution is 2.30. The Labute approximate surface area is 191 Å². The molecule has 4 aromatic rings.